The summed E-state index contributed by atoms with van der Waals surface area (Å²) in [5.41, 5.74) is 1.97. The molecule has 3 aromatic rings. The third-order valence-corrected chi connectivity index (χ3v) is 6.71. The van der Waals surface area contributed by atoms with Crippen molar-refractivity contribution in [3.8, 4) is 0 Å². The van der Waals surface area contributed by atoms with Gasteiger partial charge in [0, 0.05) is 28.1 Å². The number of carbonyl (C=O) groups is 2. The molecule has 0 spiro atoms. The van der Waals surface area contributed by atoms with Gasteiger partial charge in [0.2, 0.25) is 0 Å². The largest absolute Gasteiger partial charge is 0.467 e. The Labute approximate surface area is 199 Å². The summed E-state index contributed by atoms with van der Waals surface area (Å²) in [6.07, 6.45) is 0.519. The molecule has 3 aromatic carbocycles. The second-order valence-electron chi connectivity index (χ2n) is 7.77. The van der Waals surface area contributed by atoms with E-state index in [0.29, 0.717) is 6.42 Å². The number of non-ortho nitro benzene ring substituents is 1. The third kappa shape index (κ3) is 4.39. The van der Waals surface area contributed by atoms with Crippen molar-refractivity contribution in [2.45, 2.75) is 24.4 Å². The molecule has 8 heteroatoms. The third-order valence-electron chi connectivity index (χ3n) is 5.99. The maximum absolute atomic E-state index is 13.7. The zero-order chi connectivity index (χ0) is 23.5. The van der Waals surface area contributed by atoms with Crippen LogP contribution in [0.2, 0.25) is 0 Å². The number of carbonyl (C=O) groups excluding carboxylic acids is 2. The quantitative estimate of drug-likeness (QED) is 0.266. The number of nitro groups is 1. The molecule has 0 aromatic heterocycles. The minimum Gasteiger partial charge on any atom is -0.467 e. The first-order chi connectivity index (χ1) is 15.9. The number of esters is 1. The number of benzene rings is 3. The van der Waals surface area contributed by atoms with Gasteiger partial charge in [0.15, 0.2) is 0 Å². The number of nitrogens with zero attached hydrogens (tertiary/aromatic N) is 2. The number of ether oxygens (including phenoxy) is 1. The molecule has 0 radical (unpaired) electrons. The Morgan fingerprint density at radius 1 is 1.00 bits per heavy atom. The molecule has 0 N–H and O–H groups in total. The number of nitro benzene ring substituents is 1. The molecule has 0 bridgehead atoms. The lowest BCUT2D eigenvalue weighted by Crippen LogP contribution is -2.44. The van der Waals surface area contributed by atoms with E-state index in [9.17, 15) is 19.7 Å². The summed E-state index contributed by atoms with van der Waals surface area (Å²) in [5.74, 6) is -1.20. The maximum Gasteiger partial charge on any atom is 0.329 e. The zero-order valence-corrected chi connectivity index (χ0v) is 19.3. The molecule has 1 aliphatic heterocycles. The average Bonchev–Trinajstić information content (AvgIpc) is 3.24. The number of methoxy groups -OCH3 is 1. The highest BCUT2D eigenvalue weighted by Crippen LogP contribution is 2.47. The van der Waals surface area contributed by atoms with Crippen LogP contribution < -0.4 is 0 Å². The van der Waals surface area contributed by atoms with E-state index in [1.54, 1.807) is 4.90 Å². The molecule has 3 atom stereocenters. The number of likely N-dealkylation sites (tertiary alicyclic amines) is 1. The lowest BCUT2D eigenvalue weighted by Gasteiger charge is -2.30. The van der Waals surface area contributed by atoms with Gasteiger partial charge in [-0.15, -0.1) is 0 Å². The number of hydrogen-bond donors (Lipinski definition) is 0. The highest BCUT2D eigenvalue weighted by Gasteiger charge is 2.49. The normalized spacial score (nSPS) is 19.8. The minimum atomic E-state index is -0.860. The summed E-state index contributed by atoms with van der Waals surface area (Å²) in [7, 11) is 1.31. The van der Waals surface area contributed by atoms with Crippen LogP contribution in [0.25, 0.3) is 0 Å². The molecule has 1 fully saturated rings. The van der Waals surface area contributed by atoms with Gasteiger partial charge in [-0.3, -0.25) is 14.9 Å². The van der Waals surface area contributed by atoms with Crippen molar-refractivity contribution >= 4 is 33.5 Å². The molecule has 168 valence electrons. The van der Waals surface area contributed by atoms with Crippen molar-refractivity contribution in [3.05, 3.63) is 110 Å². The minimum absolute atomic E-state index is 0.108. The van der Waals surface area contributed by atoms with Crippen LogP contribution in [0.15, 0.2) is 83.3 Å². The molecule has 0 unspecified atom stereocenters. The molecule has 4 rings (SSSR count). The Hall–Kier alpha value is -3.52. The van der Waals surface area contributed by atoms with Gasteiger partial charge in [-0.1, -0.05) is 64.5 Å². The predicted octanol–water partition coefficient (Wildman–Crippen LogP) is 5.27. The number of rotatable bonds is 5. The van der Waals surface area contributed by atoms with E-state index in [1.165, 1.54) is 31.4 Å². The van der Waals surface area contributed by atoms with Gasteiger partial charge in [0.1, 0.15) is 6.04 Å². The fourth-order valence-corrected chi connectivity index (χ4v) is 5.04. The monoisotopic (exact) mass is 508 g/mol. The molecule has 33 heavy (non-hydrogen) atoms. The van der Waals surface area contributed by atoms with E-state index in [-0.39, 0.29) is 29.1 Å². The Morgan fingerprint density at radius 2 is 1.64 bits per heavy atom. The number of halogens is 1. The van der Waals surface area contributed by atoms with Crippen molar-refractivity contribution in [2.24, 2.45) is 0 Å². The topological polar surface area (TPSA) is 89.8 Å². The second-order valence-corrected chi connectivity index (χ2v) is 8.63. The first-order valence-electron chi connectivity index (χ1n) is 10.4. The van der Waals surface area contributed by atoms with Crippen LogP contribution in [0.4, 0.5) is 5.69 Å². The van der Waals surface area contributed by atoms with Crippen LogP contribution >= 0.6 is 15.9 Å². The summed E-state index contributed by atoms with van der Waals surface area (Å²) in [6, 6.07) is 21.3. The Morgan fingerprint density at radius 3 is 2.24 bits per heavy atom. The molecule has 1 saturated heterocycles. The summed E-state index contributed by atoms with van der Waals surface area (Å²) < 4.78 is 5.99. The Bertz CT molecular complexity index is 1180. The van der Waals surface area contributed by atoms with E-state index in [4.69, 9.17) is 4.74 Å². The highest BCUT2D eigenvalue weighted by atomic mass is 79.9. The first kappa shape index (κ1) is 22.7. The van der Waals surface area contributed by atoms with Crippen LogP contribution in [0.3, 0.4) is 0 Å². The zero-order valence-electron chi connectivity index (χ0n) is 17.8. The predicted molar refractivity (Wildman–Crippen MR) is 126 cm³/mol. The summed E-state index contributed by atoms with van der Waals surface area (Å²) >= 11 is 3.59. The van der Waals surface area contributed by atoms with Crippen LogP contribution in [-0.2, 0) is 9.53 Å². The van der Waals surface area contributed by atoms with Crippen molar-refractivity contribution in [1.29, 1.82) is 0 Å². The number of hydrogen-bond acceptors (Lipinski definition) is 5. The van der Waals surface area contributed by atoms with Gasteiger partial charge in [-0.2, -0.15) is 0 Å². The van der Waals surface area contributed by atoms with Crippen LogP contribution in [-0.4, -0.2) is 34.9 Å². The van der Waals surface area contributed by atoms with Crippen LogP contribution in [0.5, 0.6) is 0 Å². The molecule has 0 saturated carbocycles. The van der Waals surface area contributed by atoms with Gasteiger partial charge in [-0.25, -0.2) is 4.79 Å². The summed E-state index contributed by atoms with van der Waals surface area (Å²) in [4.78, 5) is 38.9. The standard InChI is InChI=1S/C25H21BrN2O5/c1-33-25(30)23-20(19-9-5-6-10-21(19)26)15-22(16-7-3-2-4-8-16)27(23)24(29)17-11-13-18(14-12-17)28(31)32/h2-14,20,22-23H,15H2,1H3/t20-,22-,23+/m0/s1. The summed E-state index contributed by atoms with van der Waals surface area (Å²) in [5, 5.41) is 11.0. The van der Waals surface area contributed by atoms with E-state index >= 15 is 0 Å². The van der Waals surface area contributed by atoms with Crippen LogP contribution in [0, 0.1) is 10.1 Å². The average molecular weight is 509 g/mol. The molecular weight excluding hydrogens is 488 g/mol. The van der Waals surface area contributed by atoms with E-state index in [1.807, 2.05) is 54.6 Å². The van der Waals surface area contributed by atoms with Crippen molar-refractivity contribution < 1.29 is 19.2 Å². The first-order valence-corrected chi connectivity index (χ1v) is 11.2. The van der Waals surface area contributed by atoms with Gasteiger partial charge < -0.3 is 9.64 Å². The molecule has 1 amide bonds. The fraction of sp³-hybridized carbons (Fsp3) is 0.200. The lowest BCUT2D eigenvalue weighted by atomic mass is 9.89. The van der Waals surface area contributed by atoms with Crippen LogP contribution in [0.1, 0.15) is 39.9 Å². The van der Waals surface area contributed by atoms with Gasteiger partial charge >= 0.3 is 5.97 Å². The van der Waals surface area contributed by atoms with Gasteiger partial charge in [-0.05, 0) is 35.7 Å². The fourth-order valence-electron chi connectivity index (χ4n) is 4.46. The molecule has 0 aliphatic carbocycles. The second kappa shape index (κ2) is 9.54. The molecule has 7 nitrogen and oxygen atoms in total. The Kier molecular flexibility index (Phi) is 6.55. The van der Waals surface area contributed by atoms with E-state index in [0.717, 1.165) is 15.6 Å². The van der Waals surface area contributed by atoms with E-state index in [2.05, 4.69) is 15.9 Å². The van der Waals surface area contributed by atoms with Crippen molar-refractivity contribution in [1.82, 2.24) is 4.90 Å². The Balaban J connectivity index is 1.83. The van der Waals surface area contributed by atoms with Gasteiger partial charge in [0.05, 0.1) is 18.1 Å². The van der Waals surface area contributed by atoms with Crippen molar-refractivity contribution in [3.63, 3.8) is 0 Å². The highest BCUT2D eigenvalue weighted by molar-refractivity contribution is 9.10. The van der Waals surface area contributed by atoms with Crippen molar-refractivity contribution in [2.75, 3.05) is 7.11 Å². The molecular formula is C25H21BrN2O5. The lowest BCUT2D eigenvalue weighted by molar-refractivity contribution is -0.384. The van der Waals surface area contributed by atoms with Gasteiger partial charge in [0.25, 0.3) is 11.6 Å². The van der Waals surface area contributed by atoms with E-state index < -0.39 is 16.9 Å². The summed E-state index contributed by atoms with van der Waals surface area (Å²) in [6.45, 7) is 0. The molecule has 1 heterocycles. The number of amides is 1. The SMILES string of the molecule is COC(=O)[C@H]1[C@H](c2ccccc2Br)C[C@@H](c2ccccc2)N1C(=O)c1ccc([N+](=O)[O-])cc1. The molecule has 1 aliphatic rings. The smallest absolute Gasteiger partial charge is 0.329 e. The maximum atomic E-state index is 13.7.